The smallest absolute Gasteiger partial charge is 0.0504 e. The number of nitrogens with one attached hydrogen (secondary N) is 1. The molecule has 3 heteroatoms. The number of rotatable bonds is 0. The zero-order valence-corrected chi connectivity index (χ0v) is 9.92. The van der Waals surface area contributed by atoms with Gasteiger partial charge in [-0.25, -0.2) is 0 Å². The maximum Gasteiger partial charge on any atom is 0.0504 e. The molecule has 0 bridgehead atoms. The monoisotopic (exact) mass is 254 g/mol. The van der Waals surface area contributed by atoms with Crippen LogP contribution in [0.3, 0.4) is 0 Å². The van der Waals surface area contributed by atoms with Gasteiger partial charge < -0.3 is 10.2 Å². The lowest BCUT2D eigenvalue weighted by molar-refractivity contribution is 0.428. The molecule has 1 unspecified atom stereocenters. The second-order valence-electron chi connectivity index (χ2n) is 3.70. The number of hydrogen-bond donors (Lipinski definition) is 1. The van der Waals surface area contributed by atoms with E-state index in [1.807, 2.05) is 6.20 Å². The van der Waals surface area contributed by atoms with Gasteiger partial charge in [-0.1, -0.05) is 22.0 Å². The molecule has 0 aliphatic carbocycles. The Balaban J connectivity index is 2.27. The van der Waals surface area contributed by atoms with Crippen LogP contribution in [0, 0.1) is 0 Å². The first-order chi connectivity index (χ1) is 6.77. The van der Waals surface area contributed by atoms with Crippen LogP contribution in [0.4, 0.5) is 0 Å². The zero-order chi connectivity index (χ0) is 9.97. The average Bonchev–Trinajstić information content (AvgIpc) is 2.19. The van der Waals surface area contributed by atoms with Gasteiger partial charge in [-0.05, 0) is 30.3 Å². The molecule has 0 fully saturated rings. The number of alkyl halides is 1. The fourth-order valence-electron chi connectivity index (χ4n) is 1.84. The molecule has 0 radical (unpaired) electrons. The van der Waals surface area contributed by atoms with Crippen LogP contribution in [-0.4, -0.2) is 29.9 Å². The SMILES string of the molecule is CN1CC(Br)C=CC1=C1C=CNCC1. The number of allylic oxidation sites excluding steroid dienone is 2. The third-order valence-corrected chi connectivity index (χ3v) is 3.19. The van der Waals surface area contributed by atoms with Gasteiger partial charge in [0.1, 0.15) is 0 Å². The summed E-state index contributed by atoms with van der Waals surface area (Å²) < 4.78 is 0. The lowest BCUT2D eigenvalue weighted by Crippen LogP contribution is -2.29. The number of likely N-dealkylation sites (N-methyl/N-ethyl adjacent to an activating group) is 1. The fourth-order valence-corrected chi connectivity index (χ4v) is 2.43. The van der Waals surface area contributed by atoms with Crippen molar-refractivity contribution in [2.75, 3.05) is 20.1 Å². The van der Waals surface area contributed by atoms with E-state index in [1.165, 1.54) is 11.3 Å². The number of hydrogen-bond acceptors (Lipinski definition) is 2. The maximum atomic E-state index is 3.60. The van der Waals surface area contributed by atoms with Crippen molar-refractivity contribution in [3.63, 3.8) is 0 Å². The van der Waals surface area contributed by atoms with E-state index in [4.69, 9.17) is 0 Å². The van der Waals surface area contributed by atoms with Gasteiger partial charge in [0.25, 0.3) is 0 Å². The zero-order valence-electron chi connectivity index (χ0n) is 8.33. The molecule has 76 valence electrons. The Bertz CT molecular complexity index is 304. The predicted molar refractivity (Wildman–Crippen MR) is 63.3 cm³/mol. The highest BCUT2D eigenvalue weighted by molar-refractivity contribution is 9.09. The second-order valence-corrected chi connectivity index (χ2v) is 4.88. The summed E-state index contributed by atoms with van der Waals surface area (Å²) in [4.78, 5) is 2.80. The van der Waals surface area contributed by atoms with E-state index in [2.05, 4.69) is 51.4 Å². The lowest BCUT2D eigenvalue weighted by Gasteiger charge is -2.29. The van der Waals surface area contributed by atoms with Crippen LogP contribution in [0.25, 0.3) is 0 Å². The van der Waals surface area contributed by atoms with Gasteiger partial charge in [0.15, 0.2) is 0 Å². The van der Waals surface area contributed by atoms with E-state index < -0.39 is 0 Å². The van der Waals surface area contributed by atoms with Crippen LogP contribution in [0.15, 0.2) is 35.7 Å². The van der Waals surface area contributed by atoms with E-state index in [0.717, 1.165) is 19.5 Å². The molecule has 1 atom stereocenters. The highest BCUT2D eigenvalue weighted by atomic mass is 79.9. The summed E-state index contributed by atoms with van der Waals surface area (Å²) in [7, 11) is 2.15. The van der Waals surface area contributed by atoms with Crippen LogP contribution in [0.5, 0.6) is 0 Å². The molecule has 0 aromatic carbocycles. The quantitative estimate of drug-likeness (QED) is 0.666. The third kappa shape index (κ3) is 2.03. The summed E-state index contributed by atoms with van der Waals surface area (Å²) in [6.07, 6.45) is 9.77. The molecule has 0 amide bonds. The third-order valence-electron chi connectivity index (χ3n) is 2.59. The highest BCUT2D eigenvalue weighted by Crippen LogP contribution is 2.22. The first kappa shape index (κ1) is 9.84. The lowest BCUT2D eigenvalue weighted by atomic mass is 10.0. The maximum absolute atomic E-state index is 3.60. The van der Waals surface area contributed by atoms with Crippen molar-refractivity contribution in [2.45, 2.75) is 11.2 Å². The molecule has 14 heavy (non-hydrogen) atoms. The molecule has 0 saturated heterocycles. The summed E-state index contributed by atoms with van der Waals surface area (Å²) in [5.41, 5.74) is 2.79. The standard InChI is InChI=1S/C11H15BrN2/c1-14-8-10(12)2-3-11(14)9-4-6-13-7-5-9/h2-4,6,10,13H,5,7-8H2,1H3. The van der Waals surface area contributed by atoms with Gasteiger partial charge in [-0.3, -0.25) is 0 Å². The average molecular weight is 255 g/mol. The van der Waals surface area contributed by atoms with Crippen LogP contribution < -0.4 is 5.32 Å². The van der Waals surface area contributed by atoms with Crippen molar-refractivity contribution in [3.8, 4) is 0 Å². The molecule has 0 aromatic rings. The summed E-state index contributed by atoms with van der Waals surface area (Å²) in [5.74, 6) is 0. The Morgan fingerprint density at radius 2 is 2.36 bits per heavy atom. The van der Waals surface area contributed by atoms with Crippen LogP contribution in [-0.2, 0) is 0 Å². The first-order valence-electron chi connectivity index (χ1n) is 4.94. The molecule has 1 N–H and O–H groups in total. The molecular formula is C11H15BrN2. The minimum atomic E-state index is 0.488. The molecular weight excluding hydrogens is 240 g/mol. The van der Waals surface area contributed by atoms with Crippen molar-refractivity contribution in [1.29, 1.82) is 0 Å². The van der Waals surface area contributed by atoms with Crippen molar-refractivity contribution in [2.24, 2.45) is 0 Å². The van der Waals surface area contributed by atoms with E-state index in [9.17, 15) is 0 Å². The molecule has 0 spiro atoms. The highest BCUT2D eigenvalue weighted by Gasteiger charge is 2.15. The van der Waals surface area contributed by atoms with Gasteiger partial charge >= 0.3 is 0 Å². The van der Waals surface area contributed by atoms with Crippen LogP contribution in [0.2, 0.25) is 0 Å². The van der Waals surface area contributed by atoms with Gasteiger partial charge in [0, 0.05) is 25.8 Å². The summed E-state index contributed by atoms with van der Waals surface area (Å²) in [5, 5.41) is 3.21. The summed E-state index contributed by atoms with van der Waals surface area (Å²) >= 11 is 3.60. The molecule has 0 saturated carbocycles. The number of nitrogens with zero attached hydrogens (tertiary/aromatic N) is 1. The van der Waals surface area contributed by atoms with Gasteiger partial charge in [-0.2, -0.15) is 0 Å². The summed E-state index contributed by atoms with van der Waals surface area (Å²) in [6, 6.07) is 0. The number of halogens is 1. The molecule has 2 aliphatic heterocycles. The van der Waals surface area contributed by atoms with Crippen LogP contribution >= 0.6 is 15.9 Å². The molecule has 0 aromatic heterocycles. The largest absolute Gasteiger partial charge is 0.391 e. The molecule has 2 heterocycles. The Morgan fingerprint density at radius 3 is 3.00 bits per heavy atom. The van der Waals surface area contributed by atoms with Crippen molar-refractivity contribution in [1.82, 2.24) is 10.2 Å². The van der Waals surface area contributed by atoms with Crippen LogP contribution in [0.1, 0.15) is 6.42 Å². The minimum absolute atomic E-state index is 0.488. The van der Waals surface area contributed by atoms with Gasteiger partial charge in [0.2, 0.25) is 0 Å². The van der Waals surface area contributed by atoms with E-state index in [-0.39, 0.29) is 0 Å². The molecule has 2 rings (SSSR count). The minimum Gasteiger partial charge on any atom is -0.391 e. The van der Waals surface area contributed by atoms with E-state index >= 15 is 0 Å². The Hall–Kier alpha value is -0.700. The normalized spacial score (nSPS) is 31.9. The second kappa shape index (κ2) is 4.22. The fraction of sp³-hybridized carbons (Fsp3) is 0.455. The predicted octanol–water partition coefficient (Wildman–Crippen LogP) is 2.01. The molecule has 2 aliphatic rings. The van der Waals surface area contributed by atoms with Crippen molar-refractivity contribution in [3.05, 3.63) is 35.7 Å². The molecule has 2 nitrogen and oxygen atoms in total. The summed E-state index contributed by atoms with van der Waals surface area (Å²) in [6.45, 7) is 2.10. The van der Waals surface area contributed by atoms with E-state index in [1.54, 1.807) is 0 Å². The van der Waals surface area contributed by atoms with Crippen molar-refractivity contribution >= 4 is 15.9 Å². The van der Waals surface area contributed by atoms with Gasteiger partial charge in [-0.15, -0.1) is 0 Å². The first-order valence-corrected chi connectivity index (χ1v) is 5.85. The Morgan fingerprint density at radius 1 is 1.50 bits per heavy atom. The van der Waals surface area contributed by atoms with Crippen molar-refractivity contribution < 1.29 is 0 Å². The topological polar surface area (TPSA) is 15.3 Å². The van der Waals surface area contributed by atoms with E-state index in [0.29, 0.717) is 4.83 Å². The Kier molecular flexibility index (Phi) is 2.96. The Labute approximate surface area is 93.5 Å². The van der Waals surface area contributed by atoms with Gasteiger partial charge in [0.05, 0.1) is 4.83 Å².